The van der Waals surface area contributed by atoms with Crippen molar-refractivity contribution in [3.05, 3.63) is 11.8 Å². The molecule has 0 aromatic rings. The normalized spacial score (nSPS) is 13.7. The molecule has 0 aromatic carbocycles. The second-order valence-electron chi connectivity index (χ2n) is 2.81. The summed E-state index contributed by atoms with van der Waals surface area (Å²) in [7, 11) is 0. The molecule has 0 bridgehead atoms. The topological polar surface area (TPSA) is 58.6 Å². The fourth-order valence-electron chi connectivity index (χ4n) is 0.720. The van der Waals surface area contributed by atoms with Crippen LogP contribution in [0.15, 0.2) is 11.8 Å². The Labute approximate surface area is 78.6 Å². The van der Waals surface area contributed by atoms with Gasteiger partial charge in [-0.3, -0.25) is 0 Å². The lowest BCUT2D eigenvalue weighted by atomic mass is 10.3. The summed E-state index contributed by atoms with van der Waals surface area (Å²) in [6.45, 7) is 5.98. The van der Waals surface area contributed by atoms with E-state index in [1.165, 1.54) is 6.08 Å². The minimum absolute atomic E-state index is 0.363. The van der Waals surface area contributed by atoms with Crippen LogP contribution in [0.2, 0.25) is 0 Å². The van der Waals surface area contributed by atoms with Gasteiger partial charge in [0, 0.05) is 18.3 Å². The second-order valence-corrected chi connectivity index (χ2v) is 2.81. The van der Waals surface area contributed by atoms with Gasteiger partial charge >= 0.3 is 5.97 Å². The van der Waals surface area contributed by atoms with Gasteiger partial charge in [-0.25, -0.2) is 4.79 Å². The van der Waals surface area contributed by atoms with Crippen molar-refractivity contribution in [1.82, 2.24) is 5.32 Å². The maximum Gasteiger partial charge on any atom is 0.332 e. The van der Waals surface area contributed by atoms with Crippen molar-refractivity contribution in [2.75, 3.05) is 13.2 Å². The number of ether oxygens (including phenoxy) is 1. The number of hydrogen-bond acceptors (Lipinski definition) is 4. The van der Waals surface area contributed by atoms with Crippen LogP contribution in [0.5, 0.6) is 0 Å². The Balaban J connectivity index is 3.80. The lowest BCUT2D eigenvalue weighted by Crippen LogP contribution is -2.23. The second kappa shape index (κ2) is 6.48. The van der Waals surface area contributed by atoms with Crippen LogP contribution in [0.1, 0.15) is 20.8 Å². The summed E-state index contributed by atoms with van der Waals surface area (Å²) in [6, 6.07) is 0. The molecule has 0 unspecified atom stereocenters. The average Bonchev–Trinajstić information content (AvgIpc) is 2.01. The van der Waals surface area contributed by atoms with Crippen molar-refractivity contribution in [2.45, 2.75) is 26.9 Å². The predicted molar refractivity (Wildman–Crippen MR) is 50.1 cm³/mol. The number of carbonyl (C=O) groups excluding carboxylic acids is 1. The van der Waals surface area contributed by atoms with E-state index in [4.69, 9.17) is 9.84 Å². The third-order valence-corrected chi connectivity index (χ3v) is 1.30. The van der Waals surface area contributed by atoms with Gasteiger partial charge in [0.15, 0.2) is 0 Å². The number of rotatable bonds is 5. The zero-order chi connectivity index (χ0) is 10.3. The van der Waals surface area contributed by atoms with Crippen LogP contribution in [-0.2, 0) is 9.53 Å². The fourth-order valence-corrected chi connectivity index (χ4v) is 0.720. The molecule has 0 aromatic heterocycles. The molecule has 0 radical (unpaired) electrons. The third-order valence-electron chi connectivity index (χ3n) is 1.30. The van der Waals surface area contributed by atoms with Crippen LogP contribution in [0.4, 0.5) is 0 Å². The molecule has 0 heterocycles. The predicted octanol–water partition coefficient (Wildman–Crippen LogP) is 0.424. The number of aliphatic hydroxyl groups is 1. The molecule has 0 amide bonds. The lowest BCUT2D eigenvalue weighted by Gasteiger charge is -2.07. The quantitative estimate of drug-likeness (QED) is 0.484. The highest BCUT2D eigenvalue weighted by Gasteiger charge is 1.98. The molecule has 0 spiro atoms. The third kappa shape index (κ3) is 7.33. The Hall–Kier alpha value is -1.03. The highest BCUT2D eigenvalue weighted by Crippen LogP contribution is 1.90. The summed E-state index contributed by atoms with van der Waals surface area (Å²) in [5.74, 6) is -0.363. The van der Waals surface area contributed by atoms with E-state index in [-0.39, 0.29) is 5.97 Å². The zero-order valence-corrected chi connectivity index (χ0v) is 8.33. The minimum atomic E-state index is -0.425. The van der Waals surface area contributed by atoms with Gasteiger partial charge in [-0.2, -0.15) is 0 Å². The van der Waals surface area contributed by atoms with E-state index in [1.807, 2.05) is 0 Å². The molecule has 76 valence electrons. The number of hydrogen-bond donors (Lipinski definition) is 2. The molecule has 2 N–H and O–H groups in total. The highest BCUT2D eigenvalue weighted by molar-refractivity contribution is 5.82. The summed E-state index contributed by atoms with van der Waals surface area (Å²) in [5.41, 5.74) is 0.694. The molecule has 0 saturated carbocycles. The van der Waals surface area contributed by atoms with E-state index in [1.54, 1.807) is 20.8 Å². The van der Waals surface area contributed by atoms with Crippen LogP contribution in [-0.4, -0.2) is 30.3 Å². The Bertz CT molecular complexity index is 187. The van der Waals surface area contributed by atoms with Gasteiger partial charge in [0.2, 0.25) is 0 Å². The van der Waals surface area contributed by atoms with Crippen molar-refractivity contribution in [3.8, 4) is 0 Å². The van der Waals surface area contributed by atoms with E-state index >= 15 is 0 Å². The fraction of sp³-hybridized carbons (Fsp3) is 0.667. The van der Waals surface area contributed by atoms with Crippen molar-refractivity contribution in [1.29, 1.82) is 0 Å². The van der Waals surface area contributed by atoms with Crippen molar-refractivity contribution in [2.24, 2.45) is 0 Å². The lowest BCUT2D eigenvalue weighted by molar-refractivity contribution is -0.137. The molecule has 0 aliphatic heterocycles. The number of nitrogens with one attached hydrogen (secondary N) is 1. The van der Waals surface area contributed by atoms with E-state index in [2.05, 4.69) is 5.32 Å². The first-order valence-electron chi connectivity index (χ1n) is 4.33. The van der Waals surface area contributed by atoms with Gasteiger partial charge in [-0.05, 0) is 20.8 Å². The molecular formula is C9H17NO3. The summed E-state index contributed by atoms with van der Waals surface area (Å²) < 4.78 is 4.70. The molecule has 4 heteroatoms. The maximum absolute atomic E-state index is 10.9. The molecule has 0 rings (SSSR count). The molecule has 1 atom stereocenters. The van der Waals surface area contributed by atoms with Crippen LogP contribution < -0.4 is 5.32 Å². The Morgan fingerprint density at radius 1 is 1.69 bits per heavy atom. The summed E-state index contributed by atoms with van der Waals surface area (Å²) >= 11 is 0. The van der Waals surface area contributed by atoms with Gasteiger partial charge in [0.25, 0.3) is 0 Å². The van der Waals surface area contributed by atoms with Crippen molar-refractivity contribution < 1.29 is 14.6 Å². The van der Waals surface area contributed by atoms with Gasteiger partial charge in [0.1, 0.15) is 0 Å². The van der Waals surface area contributed by atoms with Crippen molar-refractivity contribution in [3.63, 3.8) is 0 Å². The van der Waals surface area contributed by atoms with Crippen LogP contribution in [0.25, 0.3) is 0 Å². The zero-order valence-electron chi connectivity index (χ0n) is 8.33. The molecule has 13 heavy (non-hydrogen) atoms. The Morgan fingerprint density at radius 3 is 2.77 bits per heavy atom. The number of allylic oxidation sites excluding steroid dienone is 1. The van der Waals surface area contributed by atoms with Gasteiger partial charge in [0.05, 0.1) is 12.7 Å². The minimum Gasteiger partial charge on any atom is -0.463 e. The maximum atomic E-state index is 10.9. The first-order chi connectivity index (χ1) is 6.06. The summed E-state index contributed by atoms with van der Waals surface area (Å²) in [5, 5.41) is 11.8. The van der Waals surface area contributed by atoms with Crippen LogP contribution in [0, 0.1) is 0 Å². The van der Waals surface area contributed by atoms with Crippen LogP contribution in [0.3, 0.4) is 0 Å². The molecule has 4 nitrogen and oxygen atoms in total. The monoisotopic (exact) mass is 187 g/mol. The van der Waals surface area contributed by atoms with E-state index in [0.717, 1.165) is 0 Å². The number of esters is 1. The van der Waals surface area contributed by atoms with Crippen molar-refractivity contribution >= 4 is 5.97 Å². The summed E-state index contributed by atoms with van der Waals surface area (Å²) in [4.78, 5) is 10.9. The average molecular weight is 187 g/mol. The van der Waals surface area contributed by atoms with Crippen LogP contribution >= 0.6 is 0 Å². The largest absolute Gasteiger partial charge is 0.463 e. The summed E-state index contributed by atoms with van der Waals surface area (Å²) in [6.07, 6.45) is 0.942. The molecule has 0 fully saturated rings. The SMILES string of the molecule is CCOC(=O)/C=C(\C)NC[C@@H](C)O. The highest BCUT2D eigenvalue weighted by atomic mass is 16.5. The first-order valence-corrected chi connectivity index (χ1v) is 4.33. The molecule has 0 aliphatic rings. The molecular weight excluding hydrogens is 170 g/mol. The van der Waals surface area contributed by atoms with E-state index < -0.39 is 6.10 Å². The smallest absolute Gasteiger partial charge is 0.332 e. The number of aliphatic hydroxyl groups excluding tert-OH is 1. The standard InChI is InChI=1S/C9H17NO3/c1-4-13-9(12)5-7(2)10-6-8(3)11/h5,8,10-11H,4,6H2,1-3H3/b7-5+/t8-/m1/s1. The van der Waals surface area contributed by atoms with E-state index in [9.17, 15) is 4.79 Å². The van der Waals surface area contributed by atoms with Gasteiger partial charge < -0.3 is 15.2 Å². The molecule has 0 aliphatic carbocycles. The molecule has 0 saturated heterocycles. The van der Waals surface area contributed by atoms with Gasteiger partial charge in [-0.15, -0.1) is 0 Å². The van der Waals surface area contributed by atoms with E-state index in [0.29, 0.717) is 18.8 Å². The Morgan fingerprint density at radius 2 is 2.31 bits per heavy atom. The Kier molecular flexibility index (Phi) is 5.97. The number of carbonyl (C=O) groups is 1. The first kappa shape index (κ1) is 12.0. The van der Waals surface area contributed by atoms with Gasteiger partial charge in [-0.1, -0.05) is 0 Å².